The second kappa shape index (κ2) is 9.60. The molecule has 2 aliphatic heterocycles. The lowest BCUT2D eigenvalue weighted by Crippen LogP contribution is -2.49. The Labute approximate surface area is 193 Å². The Kier molecular flexibility index (Phi) is 6.24. The minimum absolute atomic E-state index is 0.0193. The van der Waals surface area contributed by atoms with E-state index in [1.165, 1.54) is 0 Å². The van der Waals surface area contributed by atoms with Gasteiger partial charge in [0.1, 0.15) is 5.82 Å². The van der Waals surface area contributed by atoms with Gasteiger partial charge in [0.15, 0.2) is 5.69 Å². The number of H-pyrrole nitrogens is 1. The molecule has 172 valence electrons. The van der Waals surface area contributed by atoms with Gasteiger partial charge in [0.25, 0.3) is 5.91 Å². The lowest BCUT2D eigenvalue weighted by Gasteiger charge is -2.36. The normalized spacial score (nSPS) is 19.2. The molecule has 0 radical (unpaired) electrons. The molecule has 8 nitrogen and oxygen atoms in total. The highest BCUT2D eigenvalue weighted by molar-refractivity contribution is 6.04. The van der Waals surface area contributed by atoms with E-state index in [9.17, 15) is 9.59 Å². The first kappa shape index (κ1) is 21.4. The van der Waals surface area contributed by atoms with Gasteiger partial charge < -0.3 is 14.7 Å². The molecule has 1 N–H and O–H groups in total. The van der Waals surface area contributed by atoms with Crippen LogP contribution < -0.4 is 4.90 Å². The molecule has 2 saturated heterocycles. The summed E-state index contributed by atoms with van der Waals surface area (Å²) in [5.74, 6) is 1.53. The fourth-order valence-electron chi connectivity index (χ4n) is 4.97. The van der Waals surface area contributed by atoms with Crippen LogP contribution in [0.1, 0.15) is 36.2 Å². The summed E-state index contributed by atoms with van der Waals surface area (Å²) in [5, 5.41) is 8.09. The van der Waals surface area contributed by atoms with Crippen molar-refractivity contribution in [3.8, 4) is 0 Å². The van der Waals surface area contributed by atoms with E-state index in [1.54, 1.807) is 6.20 Å². The van der Waals surface area contributed by atoms with E-state index in [4.69, 9.17) is 0 Å². The molecule has 2 aromatic heterocycles. The second-order valence-corrected chi connectivity index (χ2v) is 8.97. The number of piperazine rings is 1. The van der Waals surface area contributed by atoms with Crippen molar-refractivity contribution in [2.24, 2.45) is 5.92 Å². The molecule has 2 amide bonds. The molecular formula is C25H30N6O2. The highest BCUT2D eigenvalue weighted by Crippen LogP contribution is 2.25. The number of carbonyl (C=O) groups is 2. The largest absolute Gasteiger partial charge is 0.353 e. The summed E-state index contributed by atoms with van der Waals surface area (Å²) in [6, 6.07) is 13.6. The molecule has 0 spiro atoms. The average Bonchev–Trinajstić information content (AvgIpc) is 3.32. The molecule has 1 aromatic carbocycles. The van der Waals surface area contributed by atoms with Crippen LogP contribution in [0, 0.1) is 5.92 Å². The van der Waals surface area contributed by atoms with E-state index in [0.29, 0.717) is 24.6 Å². The van der Waals surface area contributed by atoms with Gasteiger partial charge in [0, 0.05) is 57.3 Å². The maximum atomic E-state index is 13.1. The standard InChI is InChI=1S/C25H30N6O2/c32-23(30-16-14-29(15-17-30)22-9-3-4-12-26-22)11-10-19-6-5-13-31(18-19)25(33)24-20-7-1-2-8-21(20)27-28-24/h1-4,7-9,12,19H,5-6,10-11,13-18H2,(H,27,28)/t19-/m1/s1. The van der Waals surface area contributed by atoms with Crippen LogP contribution in [0.2, 0.25) is 0 Å². The predicted molar refractivity (Wildman–Crippen MR) is 127 cm³/mol. The topological polar surface area (TPSA) is 85.4 Å². The van der Waals surface area contributed by atoms with Crippen molar-refractivity contribution in [3.05, 3.63) is 54.4 Å². The van der Waals surface area contributed by atoms with Gasteiger partial charge in [-0.25, -0.2) is 4.98 Å². The van der Waals surface area contributed by atoms with Crippen LogP contribution in [-0.2, 0) is 4.79 Å². The third kappa shape index (κ3) is 4.69. The molecule has 5 rings (SSSR count). The van der Waals surface area contributed by atoms with Crippen molar-refractivity contribution in [1.29, 1.82) is 0 Å². The van der Waals surface area contributed by atoms with Gasteiger partial charge in [-0.1, -0.05) is 24.3 Å². The number of para-hydroxylation sites is 1. The van der Waals surface area contributed by atoms with E-state index < -0.39 is 0 Å². The molecule has 0 saturated carbocycles. The van der Waals surface area contributed by atoms with E-state index in [-0.39, 0.29) is 11.8 Å². The zero-order chi connectivity index (χ0) is 22.6. The van der Waals surface area contributed by atoms with Crippen molar-refractivity contribution < 1.29 is 9.59 Å². The van der Waals surface area contributed by atoms with Gasteiger partial charge in [-0.05, 0) is 43.4 Å². The quantitative estimate of drug-likeness (QED) is 0.651. The number of hydrogen-bond acceptors (Lipinski definition) is 5. The molecule has 1 atom stereocenters. The van der Waals surface area contributed by atoms with Crippen molar-refractivity contribution in [2.75, 3.05) is 44.2 Å². The molecule has 0 bridgehead atoms. The number of rotatable bonds is 5. The SMILES string of the molecule is O=C(CC[C@H]1CCCN(C(=O)c2n[nH]c3ccccc23)C1)N1CCN(c2ccccn2)CC1. The first-order chi connectivity index (χ1) is 16.2. The Bertz CT molecular complexity index is 1110. The van der Waals surface area contributed by atoms with Crippen LogP contribution >= 0.6 is 0 Å². The van der Waals surface area contributed by atoms with Gasteiger partial charge in [-0.15, -0.1) is 0 Å². The molecule has 2 aliphatic rings. The highest BCUT2D eigenvalue weighted by Gasteiger charge is 2.28. The number of carbonyl (C=O) groups excluding carboxylic acids is 2. The van der Waals surface area contributed by atoms with Crippen molar-refractivity contribution >= 4 is 28.5 Å². The number of hydrogen-bond donors (Lipinski definition) is 1. The number of nitrogens with one attached hydrogen (secondary N) is 1. The fourth-order valence-corrected chi connectivity index (χ4v) is 4.97. The summed E-state index contributed by atoms with van der Waals surface area (Å²) in [4.78, 5) is 36.5. The summed E-state index contributed by atoms with van der Waals surface area (Å²) >= 11 is 0. The summed E-state index contributed by atoms with van der Waals surface area (Å²) < 4.78 is 0. The van der Waals surface area contributed by atoms with Crippen molar-refractivity contribution in [3.63, 3.8) is 0 Å². The Hall–Kier alpha value is -3.42. The number of piperidine rings is 1. The third-order valence-corrected chi connectivity index (χ3v) is 6.85. The number of likely N-dealkylation sites (tertiary alicyclic amines) is 1. The highest BCUT2D eigenvalue weighted by atomic mass is 16.2. The van der Waals surface area contributed by atoms with Crippen LogP contribution in [0.3, 0.4) is 0 Å². The smallest absolute Gasteiger partial charge is 0.275 e. The number of aromatic amines is 1. The van der Waals surface area contributed by atoms with Gasteiger partial charge in [0.05, 0.1) is 5.52 Å². The minimum atomic E-state index is -0.0193. The van der Waals surface area contributed by atoms with Crippen molar-refractivity contribution in [2.45, 2.75) is 25.7 Å². The first-order valence-corrected chi connectivity index (χ1v) is 11.8. The maximum Gasteiger partial charge on any atom is 0.275 e. The number of pyridine rings is 1. The predicted octanol–water partition coefficient (Wildman–Crippen LogP) is 2.94. The maximum absolute atomic E-state index is 13.1. The first-order valence-electron chi connectivity index (χ1n) is 11.8. The van der Waals surface area contributed by atoms with E-state index in [1.807, 2.05) is 52.3 Å². The fraction of sp³-hybridized carbons (Fsp3) is 0.440. The third-order valence-electron chi connectivity index (χ3n) is 6.85. The van der Waals surface area contributed by atoms with Crippen LogP contribution in [0.25, 0.3) is 10.9 Å². The molecule has 3 aromatic rings. The molecule has 4 heterocycles. The number of anilines is 1. The zero-order valence-electron chi connectivity index (χ0n) is 18.8. The van der Waals surface area contributed by atoms with Gasteiger partial charge in [-0.2, -0.15) is 5.10 Å². The van der Waals surface area contributed by atoms with Gasteiger partial charge in [-0.3, -0.25) is 14.7 Å². The number of nitrogens with zero attached hydrogens (tertiary/aromatic N) is 5. The molecule has 0 aliphatic carbocycles. The Morgan fingerprint density at radius 3 is 2.61 bits per heavy atom. The number of amides is 2. The Morgan fingerprint density at radius 1 is 0.970 bits per heavy atom. The molecular weight excluding hydrogens is 416 g/mol. The summed E-state index contributed by atoms with van der Waals surface area (Å²) in [6.45, 7) is 4.53. The molecule has 0 unspecified atom stereocenters. The summed E-state index contributed by atoms with van der Waals surface area (Å²) in [7, 11) is 0. The molecule has 33 heavy (non-hydrogen) atoms. The van der Waals surface area contributed by atoms with Crippen LogP contribution in [0.15, 0.2) is 48.7 Å². The van der Waals surface area contributed by atoms with E-state index >= 15 is 0 Å². The monoisotopic (exact) mass is 446 g/mol. The van der Waals surface area contributed by atoms with Crippen LogP contribution in [0.4, 0.5) is 5.82 Å². The number of fused-ring (bicyclic) bond motifs is 1. The van der Waals surface area contributed by atoms with Crippen LogP contribution in [-0.4, -0.2) is 76.1 Å². The minimum Gasteiger partial charge on any atom is -0.353 e. The van der Waals surface area contributed by atoms with E-state index in [2.05, 4.69) is 20.1 Å². The lowest BCUT2D eigenvalue weighted by atomic mass is 9.92. The molecule has 8 heteroatoms. The number of benzene rings is 1. The van der Waals surface area contributed by atoms with Crippen LogP contribution in [0.5, 0.6) is 0 Å². The van der Waals surface area contributed by atoms with Gasteiger partial charge in [0.2, 0.25) is 5.91 Å². The number of aromatic nitrogens is 3. The van der Waals surface area contributed by atoms with E-state index in [0.717, 1.165) is 68.7 Å². The summed E-state index contributed by atoms with van der Waals surface area (Å²) in [5.41, 5.74) is 1.37. The summed E-state index contributed by atoms with van der Waals surface area (Å²) in [6.07, 6.45) is 5.20. The lowest BCUT2D eigenvalue weighted by molar-refractivity contribution is -0.131. The Balaban J connectivity index is 1.12. The molecule has 2 fully saturated rings. The Morgan fingerprint density at radius 2 is 1.79 bits per heavy atom. The van der Waals surface area contributed by atoms with Crippen molar-refractivity contribution in [1.82, 2.24) is 25.0 Å². The zero-order valence-corrected chi connectivity index (χ0v) is 18.8. The van der Waals surface area contributed by atoms with Gasteiger partial charge >= 0.3 is 0 Å². The average molecular weight is 447 g/mol. The second-order valence-electron chi connectivity index (χ2n) is 8.97.